The highest BCUT2D eigenvalue weighted by Gasteiger charge is 1.99. The van der Waals surface area contributed by atoms with Crippen molar-refractivity contribution in [2.24, 2.45) is 0 Å². The van der Waals surface area contributed by atoms with Crippen LogP contribution in [0, 0.1) is 0 Å². The molecule has 82 valence electrons. The van der Waals surface area contributed by atoms with E-state index in [2.05, 4.69) is 30.8 Å². The van der Waals surface area contributed by atoms with Crippen LogP contribution in [0.2, 0.25) is 0 Å². The molecule has 2 aromatic carbocycles. The average Bonchev–Trinajstić information content (AvgIpc) is 2.42. The molecule has 0 N–H and O–H groups in total. The minimum absolute atomic E-state index is 1.08. The van der Waals surface area contributed by atoms with Gasteiger partial charge in [-0.25, -0.2) is 0 Å². The Morgan fingerprint density at radius 2 is 1.00 bits per heavy atom. The molecule has 0 bridgehead atoms. The molecular weight excluding hydrogens is 192 g/mol. The van der Waals surface area contributed by atoms with E-state index in [0.717, 1.165) is 5.57 Å². The summed E-state index contributed by atoms with van der Waals surface area (Å²) in [6, 6.07) is 20.5. The Morgan fingerprint density at radius 1 is 0.688 bits per heavy atom. The van der Waals surface area contributed by atoms with E-state index in [0.29, 0.717) is 0 Å². The third kappa shape index (κ3) is 3.09. The summed E-state index contributed by atoms with van der Waals surface area (Å²) in [5.74, 6) is 0. The van der Waals surface area contributed by atoms with Crippen LogP contribution < -0.4 is 0 Å². The van der Waals surface area contributed by atoms with Crippen molar-refractivity contribution < 1.29 is 0 Å². The SMILES string of the molecule is C=C(c1ccccc1)c1ccccc1.CC. The first-order chi connectivity index (χ1) is 7.88. The van der Waals surface area contributed by atoms with Gasteiger partial charge in [-0.05, 0) is 16.7 Å². The Bertz CT molecular complexity index is 371. The van der Waals surface area contributed by atoms with Crippen LogP contribution in [0.5, 0.6) is 0 Å². The molecule has 0 fully saturated rings. The summed E-state index contributed by atoms with van der Waals surface area (Å²) in [7, 11) is 0. The van der Waals surface area contributed by atoms with Gasteiger partial charge in [-0.1, -0.05) is 81.1 Å². The summed E-state index contributed by atoms with van der Waals surface area (Å²) in [6.07, 6.45) is 0. The van der Waals surface area contributed by atoms with Crippen molar-refractivity contribution in [3.63, 3.8) is 0 Å². The van der Waals surface area contributed by atoms with Crippen LogP contribution in [0.3, 0.4) is 0 Å². The maximum absolute atomic E-state index is 4.10. The van der Waals surface area contributed by atoms with Crippen LogP contribution in [0.4, 0.5) is 0 Å². The van der Waals surface area contributed by atoms with E-state index in [1.807, 2.05) is 50.2 Å². The largest absolute Gasteiger partial charge is 0.0906 e. The first-order valence-electron chi connectivity index (χ1n) is 5.67. The van der Waals surface area contributed by atoms with E-state index < -0.39 is 0 Å². The normalized spacial score (nSPS) is 8.88. The van der Waals surface area contributed by atoms with Gasteiger partial charge in [0.15, 0.2) is 0 Å². The molecule has 0 atom stereocenters. The first kappa shape index (κ1) is 12.3. The van der Waals surface area contributed by atoms with Crippen LogP contribution in [-0.4, -0.2) is 0 Å². The molecule has 0 saturated carbocycles. The molecule has 0 saturated heterocycles. The molecule has 0 aliphatic carbocycles. The smallest absolute Gasteiger partial charge is 0.0183 e. The van der Waals surface area contributed by atoms with Gasteiger partial charge in [0.05, 0.1) is 0 Å². The lowest BCUT2D eigenvalue weighted by atomic mass is 10.0. The zero-order valence-corrected chi connectivity index (χ0v) is 9.98. The standard InChI is InChI=1S/C14H12.C2H6/c1-12(13-8-4-2-5-9-13)14-10-6-3-7-11-14;1-2/h2-11H,1H2;1-2H3. The van der Waals surface area contributed by atoms with Crippen molar-refractivity contribution in [3.05, 3.63) is 78.4 Å². The van der Waals surface area contributed by atoms with Crippen molar-refractivity contribution in [2.45, 2.75) is 13.8 Å². The molecule has 2 rings (SSSR count). The lowest BCUT2D eigenvalue weighted by Gasteiger charge is -2.04. The third-order valence-electron chi connectivity index (χ3n) is 2.24. The van der Waals surface area contributed by atoms with Gasteiger partial charge in [0.2, 0.25) is 0 Å². The highest BCUT2D eigenvalue weighted by molar-refractivity contribution is 5.77. The second kappa shape index (κ2) is 6.62. The summed E-state index contributed by atoms with van der Waals surface area (Å²) in [6.45, 7) is 8.10. The number of rotatable bonds is 2. The molecule has 0 aliphatic rings. The van der Waals surface area contributed by atoms with Gasteiger partial charge in [0, 0.05) is 0 Å². The van der Waals surface area contributed by atoms with Crippen molar-refractivity contribution in [3.8, 4) is 0 Å². The first-order valence-corrected chi connectivity index (χ1v) is 5.67. The van der Waals surface area contributed by atoms with Gasteiger partial charge < -0.3 is 0 Å². The fourth-order valence-corrected chi connectivity index (χ4v) is 1.45. The summed E-state index contributed by atoms with van der Waals surface area (Å²) in [4.78, 5) is 0. The van der Waals surface area contributed by atoms with Gasteiger partial charge in [0.1, 0.15) is 0 Å². The lowest BCUT2D eigenvalue weighted by molar-refractivity contribution is 1.50. The van der Waals surface area contributed by atoms with Gasteiger partial charge in [-0.2, -0.15) is 0 Å². The summed E-state index contributed by atoms with van der Waals surface area (Å²) in [5.41, 5.74) is 3.43. The maximum Gasteiger partial charge on any atom is -0.0183 e. The molecular formula is C16H18. The molecule has 0 nitrogen and oxygen atoms in total. The van der Waals surface area contributed by atoms with E-state index in [1.165, 1.54) is 11.1 Å². The zero-order chi connectivity index (χ0) is 11.8. The van der Waals surface area contributed by atoms with Crippen molar-refractivity contribution in [1.82, 2.24) is 0 Å². The van der Waals surface area contributed by atoms with Crippen molar-refractivity contribution in [2.75, 3.05) is 0 Å². The molecule has 16 heavy (non-hydrogen) atoms. The topological polar surface area (TPSA) is 0 Å². The molecule has 0 heteroatoms. The van der Waals surface area contributed by atoms with Crippen LogP contribution in [-0.2, 0) is 0 Å². The van der Waals surface area contributed by atoms with Gasteiger partial charge in [-0.15, -0.1) is 0 Å². The minimum Gasteiger partial charge on any atom is -0.0906 e. The Labute approximate surface area is 98.3 Å². The van der Waals surface area contributed by atoms with E-state index in [1.54, 1.807) is 0 Å². The molecule has 0 aliphatic heterocycles. The number of hydrogen-bond donors (Lipinski definition) is 0. The quantitative estimate of drug-likeness (QED) is 0.669. The molecule has 0 heterocycles. The highest BCUT2D eigenvalue weighted by Crippen LogP contribution is 2.20. The minimum atomic E-state index is 1.08. The second-order valence-electron chi connectivity index (χ2n) is 3.21. The number of benzene rings is 2. The van der Waals surface area contributed by atoms with Gasteiger partial charge >= 0.3 is 0 Å². The maximum atomic E-state index is 4.10. The summed E-state index contributed by atoms with van der Waals surface area (Å²) >= 11 is 0. The summed E-state index contributed by atoms with van der Waals surface area (Å²) < 4.78 is 0. The monoisotopic (exact) mass is 210 g/mol. The van der Waals surface area contributed by atoms with Crippen LogP contribution in [0.15, 0.2) is 67.2 Å². The van der Waals surface area contributed by atoms with Gasteiger partial charge in [0.25, 0.3) is 0 Å². The Balaban J connectivity index is 0.000000606. The molecule has 0 amide bonds. The van der Waals surface area contributed by atoms with Crippen LogP contribution in [0.25, 0.3) is 5.57 Å². The van der Waals surface area contributed by atoms with Crippen molar-refractivity contribution in [1.29, 1.82) is 0 Å². The fourth-order valence-electron chi connectivity index (χ4n) is 1.45. The third-order valence-corrected chi connectivity index (χ3v) is 2.24. The van der Waals surface area contributed by atoms with Crippen LogP contribution in [0.1, 0.15) is 25.0 Å². The number of hydrogen-bond acceptors (Lipinski definition) is 0. The fraction of sp³-hybridized carbons (Fsp3) is 0.125. The van der Waals surface area contributed by atoms with Crippen LogP contribution >= 0.6 is 0 Å². The average molecular weight is 210 g/mol. The predicted octanol–water partition coefficient (Wildman–Crippen LogP) is 4.77. The Hall–Kier alpha value is -1.82. The van der Waals surface area contributed by atoms with Crippen molar-refractivity contribution >= 4 is 5.57 Å². The van der Waals surface area contributed by atoms with E-state index in [-0.39, 0.29) is 0 Å². The molecule has 2 aromatic rings. The van der Waals surface area contributed by atoms with E-state index >= 15 is 0 Å². The highest BCUT2D eigenvalue weighted by atomic mass is 14.0. The van der Waals surface area contributed by atoms with Gasteiger partial charge in [-0.3, -0.25) is 0 Å². The zero-order valence-electron chi connectivity index (χ0n) is 9.98. The molecule has 0 radical (unpaired) electrons. The molecule has 0 spiro atoms. The summed E-state index contributed by atoms with van der Waals surface area (Å²) in [5, 5.41) is 0. The molecule has 0 unspecified atom stereocenters. The molecule has 0 aromatic heterocycles. The lowest BCUT2D eigenvalue weighted by Crippen LogP contribution is -1.84. The Kier molecular flexibility index (Phi) is 5.07. The Morgan fingerprint density at radius 3 is 1.31 bits per heavy atom. The van der Waals surface area contributed by atoms with E-state index in [4.69, 9.17) is 0 Å². The predicted molar refractivity (Wildman–Crippen MR) is 72.4 cm³/mol. The van der Waals surface area contributed by atoms with E-state index in [9.17, 15) is 0 Å². The second-order valence-corrected chi connectivity index (χ2v) is 3.21.